The minimum absolute atomic E-state index is 0.340. The van der Waals surface area contributed by atoms with E-state index in [1.54, 1.807) is 7.11 Å². The summed E-state index contributed by atoms with van der Waals surface area (Å²) in [6, 6.07) is 10.0. The zero-order valence-corrected chi connectivity index (χ0v) is 12.7. The van der Waals surface area contributed by atoms with E-state index in [1.807, 2.05) is 32.0 Å². The van der Waals surface area contributed by atoms with Crippen LogP contribution in [0.25, 0.3) is 0 Å². The van der Waals surface area contributed by atoms with Gasteiger partial charge in [-0.1, -0.05) is 19.1 Å². The first kappa shape index (κ1) is 14.4. The van der Waals surface area contributed by atoms with Crippen molar-refractivity contribution in [2.75, 3.05) is 7.11 Å². The first-order valence-electron chi connectivity index (χ1n) is 7.00. The van der Waals surface area contributed by atoms with Gasteiger partial charge in [0.1, 0.15) is 11.5 Å². The quantitative estimate of drug-likeness (QED) is 0.903. The second kappa shape index (κ2) is 6.00. The molecular weight excluding hydrogens is 248 g/mol. The number of hydrogen-bond donors (Lipinski definition) is 1. The summed E-state index contributed by atoms with van der Waals surface area (Å²) in [7, 11) is 1.71. The number of phenolic OH excluding ortho intramolecular Hbond substituents is 1. The third-order valence-electron chi connectivity index (χ3n) is 3.79. The van der Waals surface area contributed by atoms with E-state index in [9.17, 15) is 5.11 Å². The highest BCUT2D eigenvalue weighted by Gasteiger charge is 2.08. The average molecular weight is 270 g/mol. The van der Waals surface area contributed by atoms with Crippen LogP contribution in [0.1, 0.15) is 34.7 Å². The van der Waals surface area contributed by atoms with Crippen molar-refractivity contribution in [3.8, 4) is 11.5 Å². The Balaban J connectivity index is 2.35. The third-order valence-corrected chi connectivity index (χ3v) is 3.79. The number of hydrogen-bond acceptors (Lipinski definition) is 2. The van der Waals surface area contributed by atoms with E-state index in [1.165, 1.54) is 16.7 Å². The minimum atomic E-state index is 0.340. The number of aryl methyl sites for hydroxylation is 3. The number of rotatable bonds is 4. The number of methoxy groups -OCH3 is 1. The van der Waals surface area contributed by atoms with Crippen LogP contribution >= 0.6 is 0 Å². The molecule has 0 radical (unpaired) electrons. The maximum Gasteiger partial charge on any atom is 0.122 e. The lowest BCUT2D eigenvalue weighted by atomic mass is 9.94. The lowest BCUT2D eigenvalue weighted by molar-refractivity contribution is 0.410. The molecule has 0 heterocycles. The standard InChI is InChI=1S/C18H22O2/c1-5-15-10-14(6-7-18(15)20-4)11-17-12(2)8-16(19)9-13(17)3/h6-10,19H,5,11H2,1-4H3. The van der Waals surface area contributed by atoms with Gasteiger partial charge in [0.25, 0.3) is 0 Å². The zero-order chi connectivity index (χ0) is 14.7. The number of aromatic hydroxyl groups is 1. The first-order chi connectivity index (χ1) is 9.55. The molecular formula is C18H22O2. The van der Waals surface area contributed by atoms with Crippen molar-refractivity contribution in [2.24, 2.45) is 0 Å². The van der Waals surface area contributed by atoms with Gasteiger partial charge in [-0.2, -0.15) is 0 Å². The number of benzene rings is 2. The lowest BCUT2D eigenvalue weighted by Gasteiger charge is -2.13. The van der Waals surface area contributed by atoms with E-state index >= 15 is 0 Å². The molecule has 2 nitrogen and oxygen atoms in total. The van der Waals surface area contributed by atoms with E-state index in [2.05, 4.69) is 19.1 Å². The monoisotopic (exact) mass is 270 g/mol. The van der Waals surface area contributed by atoms with E-state index in [-0.39, 0.29) is 0 Å². The van der Waals surface area contributed by atoms with Gasteiger partial charge in [0, 0.05) is 0 Å². The molecule has 2 aromatic carbocycles. The fraction of sp³-hybridized carbons (Fsp3) is 0.333. The molecule has 0 aliphatic carbocycles. The van der Waals surface area contributed by atoms with E-state index in [4.69, 9.17) is 4.74 Å². The topological polar surface area (TPSA) is 29.5 Å². The lowest BCUT2D eigenvalue weighted by Crippen LogP contribution is -1.98. The Bertz CT molecular complexity index is 592. The summed E-state index contributed by atoms with van der Waals surface area (Å²) in [5, 5.41) is 9.62. The predicted octanol–water partition coefficient (Wildman–Crippen LogP) is 4.17. The highest BCUT2D eigenvalue weighted by molar-refractivity contribution is 5.45. The van der Waals surface area contributed by atoms with Crippen molar-refractivity contribution in [3.05, 3.63) is 58.1 Å². The third kappa shape index (κ3) is 2.96. The van der Waals surface area contributed by atoms with Gasteiger partial charge >= 0.3 is 0 Å². The van der Waals surface area contributed by atoms with Crippen LogP contribution in [0.15, 0.2) is 30.3 Å². The Hall–Kier alpha value is -1.96. The molecule has 1 N–H and O–H groups in total. The summed E-state index contributed by atoms with van der Waals surface area (Å²) < 4.78 is 5.37. The predicted molar refractivity (Wildman–Crippen MR) is 82.8 cm³/mol. The molecule has 0 saturated heterocycles. The molecule has 0 atom stereocenters. The Kier molecular flexibility index (Phi) is 4.33. The summed E-state index contributed by atoms with van der Waals surface area (Å²) in [5.41, 5.74) is 6.07. The summed E-state index contributed by atoms with van der Waals surface area (Å²) >= 11 is 0. The molecule has 0 fully saturated rings. The van der Waals surface area contributed by atoms with E-state index in [0.717, 1.165) is 29.7 Å². The van der Waals surface area contributed by atoms with Gasteiger partial charge in [0.05, 0.1) is 7.11 Å². The van der Waals surface area contributed by atoms with Crippen molar-refractivity contribution in [1.82, 2.24) is 0 Å². The van der Waals surface area contributed by atoms with Gasteiger partial charge in [0.15, 0.2) is 0 Å². The average Bonchev–Trinajstić information content (AvgIpc) is 2.42. The maximum absolute atomic E-state index is 9.62. The molecule has 106 valence electrons. The molecule has 2 aromatic rings. The van der Waals surface area contributed by atoms with Crippen molar-refractivity contribution in [1.29, 1.82) is 0 Å². The molecule has 0 saturated carbocycles. The summed E-state index contributed by atoms with van der Waals surface area (Å²) in [6.07, 6.45) is 1.85. The molecule has 0 spiro atoms. The van der Waals surface area contributed by atoms with Crippen molar-refractivity contribution >= 4 is 0 Å². The summed E-state index contributed by atoms with van der Waals surface area (Å²) in [5.74, 6) is 1.29. The number of phenols is 1. The Labute approximate surface area is 121 Å². The summed E-state index contributed by atoms with van der Waals surface area (Å²) in [6.45, 7) is 6.23. The smallest absolute Gasteiger partial charge is 0.122 e. The molecule has 0 amide bonds. The molecule has 20 heavy (non-hydrogen) atoms. The Morgan fingerprint density at radius 1 is 1.05 bits per heavy atom. The van der Waals surface area contributed by atoms with Gasteiger partial charge < -0.3 is 9.84 Å². The Morgan fingerprint density at radius 2 is 1.70 bits per heavy atom. The second-order valence-corrected chi connectivity index (χ2v) is 5.23. The van der Waals surface area contributed by atoms with Gasteiger partial charge in [-0.15, -0.1) is 0 Å². The van der Waals surface area contributed by atoms with Gasteiger partial charge in [0.2, 0.25) is 0 Å². The van der Waals surface area contributed by atoms with Gasteiger partial charge in [-0.3, -0.25) is 0 Å². The van der Waals surface area contributed by atoms with Crippen LogP contribution in [0.3, 0.4) is 0 Å². The fourth-order valence-corrected chi connectivity index (χ4v) is 2.67. The second-order valence-electron chi connectivity index (χ2n) is 5.23. The molecule has 0 unspecified atom stereocenters. The van der Waals surface area contributed by atoms with Gasteiger partial charge in [-0.25, -0.2) is 0 Å². The van der Waals surface area contributed by atoms with Crippen LogP contribution in [0, 0.1) is 13.8 Å². The van der Waals surface area contributed by atoms with Crippen LogP contribution in [0.4, 0.5) is 0 Å². The van der Waals surface area contributed by atoms with Crippen molar-refractivity contribution in [2.45, 2.75) is 33.6 Å². The minimum Gasteiger partial charge on any atom is -0.508 e. The fourth-order valence-electron chi connectivity index (χ4n) is 2.67. The molecule has 0 aliphatic heterocycles. The van der Waals surface area contributed by atoms with Crippen molar-refractivity contribution < 1.29 is 9.84 Å². The van der Waals surface area contributed by atoms with Crippen LogP contribution in [0.5, 0.6) is 11.5 Å². The first-order valence-corrected chi connectivity index (χ1v) is 7.00. The molecule has 2 rings (SSSR count). The molecule has 0 aliphatic rings. The van der Waals surface area contributed by atoms with Crippen molar-refractivity contribution in [3.63, 3.8) is 0 Å². The van der Waals surface area contributed by atoms with E-state index < -0.39 is 0 Å². The normalized spacial score (nSPS) is 10.6. The Morgan fingerprint density at radius 3 is 2.25 bits per heavy atom. The largest absolute Gasteiger partial charge is 0.508 e. The highest BCUT2D eigenvalue weighted by atomic mass is 16.5. The van der Waals surface area contributed by atoms with Gasteiger partial charge in [-0.05, 0) is 72.7 Å². The highest BCUT2D eigenvalue weighted by Crippen LogP contribution is 2.26. The molecule has 2 heteroatoms. The number of ether oxygens (including phenoxy) is 1. The SMILES string of the molecule is CCc1cc(Cc2c(C)cc(O)cc2C)ccc1OC. The summed E-state index contributed by atoms with van der Waals surface area (Å²) in [4.78, 5) is 0. The van der Waals surface area contributed by atoms with Crippen LogP contribution in [-0.2, 0) is 12.8 Å². The van der Waals surface area contributed by atoms with E-state index in [0.29, 0.717) is 5.75 Å². The van der Waals surface area contributed by atoms with Crippen LogP contribution in [-0.4, -0.2) is 12.2 Å². The maximum atomic E-state index is 9.62. The molecule has 0 bridgehead atoms. The molecule has 0 aromatic heterocycles. The van der Waals surface area contributed by atoms with Crippen LogP contribution in [0.2, 0.25) is 0 Å². The zero-order valence-electron chi connectivity index (χ0n) is 12.7. The van der Waals surface area contributed by atoms with Crippen LogP contribution < -0.4 is 4.74 Å².